The van der Waals surface area contributed by atoms with Gasteiger partial charge >= 0.3 is 12.1 Å². The van der Waals surface area contributed by atoms with E-state index in [9.17, 15) is 27.9 Å². The number of esters is 1. The van der Waals surface area contributed by atoms with E-state index >= 15 is 0 Å². The summed E-state index contributed by atoms with van der Waals surface area (Å²) in [6, 6.07) is 12.7. The summed E-state index contributed by atoms with van der Waals surface area (Å²) >= 11 is 0. The second-order valence-corrected chi connectivity index (χ2v) is 7.05. The summed E-state index contributed by atoms with van der Waals surface area (Å²) in [4.78, 5) is 24.3. The molecule has 0 aromatic heterocycles. The molecule has 0 saturated carbocycles. The fraction of sp³-hybridized carbons (Fsp3) is 0.250. The van der Waals surface area contributed by atoms with E-state index in [1.807, 2.05) is 0 Å². The molecule has 0 bridgehead atoms. The van der Waals surface area contributed by atoms with Gasteiger partial charge in [-0.1, -0.05) is 24.0 Å². The predicted molar refractivity (Wildman–Crippen MR) is 112 cm³/mol. The van der Waals surface area contributed by atoms with Crippen LogP contribution in [0.3, 0.4) is 0 Å². The van der Waals surface area contributed by atoms with Gasteiger partial charge in [-0.25, -0.2) is 0 Å². The van der Waals surface area contributed by atoms with Gasteiger partial charge in [0.05, 0.1) is 7.11 Å². The fourth-order valence-corrected chi connectivity index (χ4v) is 2.67. The predicted octanol–water partition coefficient (Wildman–Crippen LogP) is 3.35. The standard InChI is InChI=1S/C24H20F3NO4/c1-23(31,24(25,26)27)20(22(30)32-2)15-21(29)18-11-7-16(8-12-18)5-3-4-6-17-9-13-19(28)14-10-17/h7-14,20,31H,15,28H2,1-2H3/t20-,23+/m1/s1. The van der Waals surface area contributed by atoms with Crippen molar-refractivity contribution in [1.82, 2.24) is 0 Å². The molecule has 0 aliphatic rings. The van der Waals surface area contributed by atoms with Crippen molar-refractivity contribution in [3.63, 3.8) is 0 Å². The van der Waals surface area contributed by atoms with E-state index in [1.54, 1.807) is 24.3 Å². The number of rotatable bonds is 5. The van der Waals surface area contributed by atoms with Crippen molar-refractivity contribution < 1.29 is 32.6 Å². The van der Waals surface area contributed by atoms with E-state index in [1.165, 1.54) is 24.3 Å². The number of anilines is 1. The maximum Gasteiger partial charge on any atom is 0.417 e. The molecule has 0 radical (unpaired) electrons. The van der Waals surface area contributed by atoms with E-state index in [4.69, 9.17) is 5.73 Å². The Bertz CT molecular complexity index is 1100. The van der Waals surface area contributed by atoms with Gasteiger partial charge in [0.15, 0.2) is 11.4 Å². The summed E-state index contributed by atoms with van der Waals surface area (Å²) in [6.45, 7) is 0.436. The minimum Gasteiger partial charge on any atom is -0.469 e. The SMILES string of the molecule is COC(=O)[C@@H](CC(=O)c1ccc(C#CC#Cc2ccc(N)cc2)cc1)[C@](C)(O)C(F)(F)F. The molecule has 0 heterocycles. The lowest BCUT2D eigenvalue weighted by Crippen LogP contribution is -2.52. The number of aliphatic hydroxyl groups is 1. The highest BCUT2D eigenvalue weighted by atomic mass is 19.4. The molecule has 0 fully saturated rings. The molecule has 5 nitrogen and oxygen atoms in total. The second kappa shape index (κ2) is 10.0. The average Bonchev–Trinajstić information content (AvgIpc) is 2.75. The maximum atomic E-state index is 13.2. The van der Waals surface area contributed by atoms with Gasteiger partial charge in [-0.15, -0.1) is 0 Å². The Kier molecular flexibility index (Phi) is 7.69. The van der Waals surface area contributed by atoms with Crippen molar-refractivity contribution in [2.75, 3.05) is 12.8 Å². The lowest BCUT2D eigenvalue weighted by atomic mass is 9.83. The third kappa shape index (κ3) is 6.13. The Hall–Kier alpha value is -3.75. The quantitative estimate of drug-likeness (QED) is 0.320. The zero-order valence-corrected chi connectivity index (χ0v) is 17.3. The summed E-state index contributed by atoms with van der Waals surface area (Å²) in [7, 11) is 0.885. The molecule has 3 N–H and O–H groups in total. The number of nitrogens with two attached hydrogens (primary N) is 1. The van der Waals surface area contributed by atoms with Gasteiger partial charge in [-0.2, -0.15) is 13.2 Å². The number of halogens is 3. The van der Waals surface area contributed by atoms with Crippen molar-refractivity contribution in [2.24, 2.45) is 5.92 Å². The first-order chi connectivity index (χ1) is 15.0. The van der Waals surface area contributed by atoms with Gasteiger partial charge < -0.3 is 15.6 Å². The Labute approximate surface area is 183 Å². The van der Waals surface area contributed by atoms with Gasteiger partial charge in [-0.3, -0.25) is 9.59 Å². The number of ether oxygens (including phenoxy) is 1. The molecule has 2 aromatic rings. The van der Waals surface area contributed by atoms with Crippen molar-refractivity contribution in [3.05, 3.63) is 65.2 Å². The first-order valence-electron chi connectivity index (χ1n) is 9.33. The summed E-state index contributed by atoms with van der Waals surface area (Å²) < 4.78 is 43.8. The van der Waals surface area contributed by atoms with Crippen molar-refractivity contribution >= 4 is 17.4 Å². The number of hydrogen-bond donors (Lipinski definition) is 2. The van der Waals surface area contributed by atoms with Gasteiger partial charge in [0.25, 0.3) is 0 Å². The molecule has 2 rings (SSSR count). The molecule has 0 saturated heterocycles. The molecular weight excluding hydrogens is 423 g/mol. The largest absolute Gasteiger partial charge is 0.469 e. The Balaban J connectivity index is 2.13. The van der Waals surface area contributed by atoms with Crippen molar-refractivity contribution in [1.29, 1.82) is 0 Å². The normalized spacial score (nSPS) is 13.4. The number of nitrogen functional groups attached to an aromatic ring is 1. The summed E-state index contributed by atoms with van der Waals surface area (Å²) in [6.07, 6.45) is -6.00. The van der Waals surface area contributed by atoms with Crippen LogP contribution in [0.5, 0.6) is 0 Å². The van der Waals surface area contributed by atoms with Crippen LogP contribution < -0.4 is 5.73 Å². The molecule has 32 heavy (non-hydrogen) atoms. The minimum absolute atomic E-state index is 0.0652. The van der Waals surface area contributed by atoms with Gasteiger partial charge in [0.1, 0.15) is 5.92 Å². The first-order valence-corrected chi connectivity index (χ1v) is 9.33. The van der Waals surface area contributed by atoms with Gasteiger partial charge in [0.2, 0.25) is 0 Å². The maximum absolute atomic E-state index is 13.2. The minimum atomic E-state index is -5.13. The number of alkyl halides is 3. The van der Waals surface area contributed by atoms with Crippen LogP contribution in [0.25, 0.3) is 0 Å². The molecule has 166 valence electrons. The number of methoxy groups -OCH3 is 1. The van der Waals surface area contributed by atoms with Crippen LogP contribution in [0, 0.1) is 29.6 Å². The first kappa shape index (κ1) is 24.5. The highest BCUT2D eigenvalue weighted by Crippen LogP contribution is 2.38. The average molecular weight is 443 g/mol. The van der Waals surface area contributed by atoms with Crippen LogP contribution >= 0.6 is 0 Å². The van der Waals surface area contributed by atoms with Gasteiger partial charge in [0, 0.05) is 28.8 Å². The summed E-state index contributed by atoms with van der Waals surface area (Å²) in [5, 5.41) is 9.85. The van der Waals surface area contributed by atoms with Crippen LogP contribution in [0.4, 0.5) is 18.9 Å². The number of hydrogen-bond acceptors (Lipinski definition) is 5. The summed E-state index contributed by atoms with van der Waals surface area (Å²) in [5.74, 6) is 6.77. The van der Waals surface area contributed by atoms with Crippen LogP contribution in [0.2, 0.25) is 0 Å². The third-order valence-corrected chi connectivity index (χ3v) is 4.72. The smallest absolute Gasteiger partial charge is 0.417 e. The Morgan fingerprint density at radius 2 is 1.47 bits per heavy atom. The third-order valence-electron chi connectivity index (χ3n) is 4.72. The second-order valence-electron chi connectivity index (χ2n) is 7.05. The molecule has 8 heteroatoms. The molecular formula is C24H20F3NO4. The highest BCUT2D eigenvalue weighted by Gasteiger charge is 2.58. The number of Topliss-reactive ketones (excluding diaryl/α,β-unsaturated/α-hetero) is 1. The lowest BCUT2D eigenvalue weighted by molar-refractivity contribution is -0.271. The number of ketones is 1. The molecule has 2 atom stereocenters. The van der Waals surface area contributed by atoms with Crippen molar-refractivity contribution in [2.45, 2.75) is 25.1 Å². The Morgan fingerprint density at radius 3 is 1.91 bits per heavy atom. The van der Waals surface area contributed by atoms with E-state index < -0.39 is 35.9 Å². The topological polar surface area (TPSA) is 89.6 Å². The number of benzene rings is 2. The van der Waals surface area contributed by atoms with Crippen LogP contribution in [-0.2, 0) is 9.53 Å². The molecule has 0 spiro atoms. The molecule has 0 aliphatic carbocycles. The van der Waals surface area contributed by atoms with Crippen LogP contribution in [-0.4, -0.2) is 35.7 Å². The van der Waals surface area contributed by atoms with Crippen LogP contribution in [0.15, 0.2) is 48.5 Å². The van der Waals surface area contributed by atoms with E-state index in [0.29, 0.717) is 18.2 Å². The van der Waals surface area contributed by atoms with Crippen LogP contribution in [0.1, 0.15) is 34.8 Å². The molecule has 0 aliphatic heterocycles. The fourth-order valence-electron chi connectivity index (χ4n) is 2.67. The van der Waals surface area contributed by atoms with E-state index in [0.717, 1.165) is 12.7 Å². The lowest BCUT2D eigenvalue weighted by Gasteiger charge is -2.32. The van der Waals surface area contributed by atoms with E-state index in [-0.39, 0.29) is 5.56 Å². The number of carbonyl (C=O) groups is 2. The molecule has 0 unspecified atom stereocenters. The zero-order valence-electron chi connectivity index (χ0n) is 17.3. The number of carbonyl (C=O) groups excluding carboxylic acids is 2. The van der Waals surface area contributed by atoms with E-state index in [2.05, 4.69) is 28.4 Å². The molecule has 2 aromatic carbocycles. The highest BCUT2D eigenvalue weighted by molar-refractivity contribution is 5.98. The van der Waals surface area contributed by atoms with Crippen molar-refractivity contribution in [3.8, 4) is 23.7 Å². The Morgan fingerprint density at radius 1 is 1.00 bits per heavy atom. The van der Waals surface area contributed by atoms with Gasteiger partial charge in [-0.05, 0) is 55.2 Å². The summed E-state index contributed by atoms with van der Waals surface area (Å²) in [5.41, 5.74) is 4.12. The monoisotopic (exact) mass is 443 g/mol. The zero-order chi connectivity index (χ0) is 23.9. The molecule has 0 amide bonds.